The van der Waals surface area contributed by atoms with Crippen LogP contribution in [0, 0.1) is 13.8 Å². The molecule has 0 spiro atoms. The Bertz CT molecular complexity index is 1080. The van der Waals surface area contributed by atoms with Crippen molar-refractivity contribution in [3.05, 3.63) is 53.1 Å². The first-order valence-electron chi connectivity index (χ1n) is 9.15. The Hall–Kier alpha value is -2.54. The Morgan fingerprint density at radius 3 is 2.57 bits per heavy atom. The molecule has 4 rings (SSSR count). The van der Waals surface area contributed by atoms with E-state index in [-0.39, 0.29) is 4.90 Å². The summed E-state index contributed by atoms with van der Waals surface area (Å²) in [4.78, 5) is 13.1. The van der Waals surface area contributed by atoms with Crippen molar-refractivity contribution < 1.29 is 22.7 Å². The summed E-state index contributed by atoms with van der Waals surface area (Å²) in [5, 5.41) is 1.56. The molecule has 3 atom stereocenters. The van der Waals surface area contributed by atoms with Crippen molar-refractivity contribution in [2.45, 2.75) is 49.0 Å². The first-order valence-corrected chi connectivity index (χ1v) is 10.7. The van der Waals surface area contributed by atoms with Crippen LogP contribution in [0.25, 0.3) is 0 Å². The minimum atomic E-state index is -3.89. The second-order valence-corrected chi connectivity index (χ2v) is 9.82. The van der Waals surface area contributed by atoms with Crippen molar-refractivity contribution in [1.29, 1.82) is 0 Å². The van der Waals surface area contributed by atoms with Crippen molar-refractivity contribution in [2.24, 2.45) is 0 Å². The molecule has 2 aliphatic rings. The number of fused-ring (bicyclic) bond motifs is 4. The van der Waals surface area contributed by atoms with Crippen molar-refractivity contribution in [3.8, 4) is 11.5 Å². The van der Waals surface area contributed by atoms with Gasteiger partial charge in [0, 0.05) is 18.4 Å². The average molecular weight is 401 g/mol. The third-order valence-corrected chi connectivity index (χ3v) is 7.84. The normalized spacial score (nSPS) is 26.1. The molecule has 0 unspecified atom stereocenters. The lowest BCUT2D eigenvalue weighted by atomic mass is 9.81. The monoisotopic (exact) mass is 401 g/mol. The SMILES string of the molecule is COc1ccc2c(c1)O[C@@]1(C)C[C@H]2[C@@H](S(=O)(=O)c2ccc(C)c(C)c2)C(=O)N1. The molecular weight excluding hydrogens is 378 g/mol. The van der Waals surface area contributed by atoms with Crippen LogP contribution in [-0.2, 0) is 14.6 Å². The molecule has 2 aromatic carbocycles. The molecule has 6 nitrogen and oxygen atoms in total. The van der Waals surface area contributed by atoms with E-state index in [1.54, 1.807) is 50.4 Å². The molecule has 2 heterocycles. The Morgan fingerprint density at radius 1 is 1.14 bits per heavy atom. The van der Waals surface area contributed by atoms with Crippen LogP contribution >= 0.6 is 0 Å². The van der Waals surface area contributed by atoms with Gasteiger partial charge in [-0.3, -0.25) is 4.79 Å². The van der Waals surface area contributed by atoms with Crippen LogP contribution in [0.2, 0.25) is 0 Å². The minimum absolute atomic E-state index is 0.168. The zero-order valence-corrected chi connectivity index (χ0v) is 17.1. The number of carbonyl (C=O) groups is 1. The number of carbonyl (C=O) groups excluding carboxylic acids is 1. The summed E-state index contributed by atoms with van der Waals surface area (Å²) >= 11 is 0. The van der Waals surface area contributed by atoms with Gasteiger partial charge in [0.15, 0.2) is 20.8 Å². The molecule has 1 saturated heterocycles. The maximum absolute atomic E-state index is 13.5. The third-order valence-electron chi connectivity index (χ3n) is 5.72. The number of rotatable bonds is 3. The highest BCUT2D eigenvalue weighted by Crippen LogP contribution is 2.48. The van der Waals surface area contributed by atoms with Gasteiger partial charge in [-0.15, -0.1) is 0 Å². The number of ether oxygens (including phenoxy) is 2. The van der Waals surface area contributed by atoms with Gasteiger partial charge >= 0.3 is 0 Å². The number of hydrogen-bond donors (Lipinski definition) is 1. The standard InChI is InChI=1S/C21H23NO5S/c1-12-5-7-15(9-13(12)2)28(24,25)19-17-11-21(3,22-20(19)23)27-18-10-14(26-4)6-8-16(17)18/h5-10,17,19H,11H2,1-4H3,(H,22,23)/t17-,19-,21+/m1/s1. The van der Waals surface area contributed by atoms with Gasteiger partial charge in [-0.2, -0.15) is 0 Å². The average Bonchev–Trinajstić information content (AvgIpc) is 2.62. The summed E-state index contributed by atoms with van der Waals surface area (Å²) < 4.78 is 38.2. The number of benzene rings is 2. The van der Waals surface area contributed by atoms with Gasteiger partial charge in [-0.25, -0.2) is 8.42 Å². The molecule has 0 radical (unpaired) electrons. The van der Waals surface area contributed by atoms with E-state index in [9.17, 15) is 13.2 Å². The second kappa shape index (κ2) is 6.24. The number of sulfone groups is 1. The van der Waals surface area contributed by atoms with Crippen molar-refractivity contribution in [1.82, 2.24) is 5.32 Å². The Kier molecular flexibility index (Phi) is 4.19. The summed E-state index contributed by atoms with van der Waals surface area (Å²) in [6, 6.07) is 10.3. The Labute approximate surface area is 164 Å². The van der Waals surface area contributed by atoms with Crippen LogP contribution in [0.15, 0.2) is 41.3 Å². The van der Waals surface area contributed by atoms with E-state index in [2.05, 4.69) is 5.32 Å². The van der Waals surface area contributed by atoms with E-state index in [0.29, 0.717) is 23.5 Å². The van der Waals surface area contributed by atoms with Crippen molar-refractivity contribution >= 4 is 15.7 Å². The zero-order chi connectivity index (χ0) is 20.3. The highest BCUT2D eigenvalue weighted by Gasteiger charge is 2.54. The molecule has 2 bridgehead atoms. The summed E-state index contributed by atoms with van der Waals surface area (Å²) in [5.41, 5.74) is 1.64. The molecule has 1 amide bonds. The summed E-state index contributed by atoms with van der Waals surface area (Å²) in [5.74, 6) is 0.124. The van der Waals surface area contributed by atoms with Crippen molar-refractivity contribution in [3.63, 3.8) is 0 Å². The van der Waals surface area contributed by atoms with Gasteiger partial charge in [0.05, 0.1) is 12.0 Å². The van der Waals surface area contributed by atoms with Gasteiger partial charge in [0.2, 0.25) is 5.91 Å². The number of hydrogen-bond acceptors (Lipinski definition) is 5. The molecule has 148 valence electrons. The maximum atomic E-state index is 13.5. The van der Waals surface area contributed by atoms with Gasteiger partial charge in [0.25, 0.3) is 0 Å². The number of nitrogens with one attached hydrogen (secondary N) is 1. The van der Waals surface area contributed by atoms with Crippen LogP contribution in [0.1, 0.15) is 36.0 Å². The molecule has 0 aromatic heterocycles. The van der Waals surface area contributed by atoms with Crippen LogP contribution < -0.4 is 14.8 Å². The number of methoxy groups -OCH3 is 1. The lowest BCUT2D eigenvalue weighted by Gasteiger charge is -2.46. The molecule has 1 N–H and O–H groups in total. The highest BCUT2D eigenvalue weighted by atomic mass is 32.2. The van der Waals surface area contributed by atoms with Crippen LogP contribution in [0.3, 0.4) is 0 Å². The van der Waals surface area contributed by atoms with E-state index in [1.807, 2.05) is 13.8 Å². The van der Waals surface area contributed by atoms with Gasteiger partial charge in [-0.05, 0) is 55.7 Å². The summed E-state index contributed by atoms with van der Waals surface area (Å²) in [7, 11) is -2.33. The van der Waals surface area contributed by atoms with Crippen LogP contribution in [0.5, 0.6) is 11.5 Å². The summed E-state index contributed by atoms with van der Waals surface area (Å²) in [6.07, 6.45) is 0.382. The van der Waals surface area contributed by atoms with Crippen LogP contribution in [-0.4, -0.2) is 32.4 Å². The molecule has 1 fully saturated rings. The van der Waals surface area contributed by atoms with E-state index in [1.165, 1.54) is 0 Å². The predicted octanol–water partition coefficient (Wildman–Crippen LogP) is 2.87. The fourth-order valence-electron chi connectivity index (χ4n) is 4.11. The largest absolute Gasteiger partial charge is 0.497 e. The Balaban J connectivity index is 1.85. The van der Waals surface area contributed by atoms with Crippen molar-refractivity contribution in [2.75, 3.05) is 7.11 Å². The highest BCUT2D eigenvalue weighted by molar-refractivity contribution is 7.92. The lowest BCUT2D eigenvalue weighted by Crippen LogP contribution is -2.63. The van der Waals surface area contributed by atoms with E-state index in [4.69, 9.17) is 9.47 Å². The predicted molar refractivity (Wildman–Crippen MR) is 104 cm³/mol. The van der Waals surface area contributed by atoms with E-state index in [0.717, 1.165) is 11.1 Å². The molecule has 2 aromatic rings. The first-order chi connectivity index (χ1) is 13.1. The molecule has 7 heteroatoms. The van der Waals surface area contributed by atoms with Crippen LogP contribution in [0.4, 0.5) is 0 Å². The van der Waals surface area contributed by atoms with Gasteiger partial charge < -0.3 is 14.8 Å². The van der Waals surface area contributed by atoms with E-state index >= 15 is 0 Å². The second-order valence-electron chi connectivity index (χ2n) is 7.75. The molecule has 0 saturated carbocycles. The fourth-order valence-corrected chi connectivity index (χ4v) is 6.01. The topological polar surface area (TPSA) is 81.7 Å². The number of aryl methyl sites for hydroxylation is 2. The zero-order valence-electron chi connectivity index (χ0n) is 16.3. The van der Waals surface area contributed by atoms with Gasteiger partial charge in [-0.1, -0.05) is 12.1 Å². The molecule has 2 aliphatic heterocycles. The molecular formula is C21H23NO5S. The fraction of sp³-hybridized carbons (Fsp3) is 0.381. The smallest absolute Gasteiger partial charge is 0.242 e. The minimum Gasteiger partial charge on any atom is -0.497 e. The molecule has 28 heavy (non-hydrogen) atoms. The Morgan fingerprint density at radius 2 is 1.89 bits per heavy atom. The summed E-state index contributed by atoms with van der Waals surface area (Å²) in [6.45, 7) is 5.55. The van der Waals surface area contributed by atoms with Gasteiger partial charge in [0.1, 0.15) is 11.5 Å². The first kappa shape index (κ1) is 18.8. The van der Waals surface area contributed by atoms with E-state index < -0.39 is 32.6 Å². The molecule has 0 aliphatic carbocycles. The number of amides is 1. The maximum Gasteiger partial charge on any atom is 0.242 e. The quantitative estimate of drug-likeness (QED) is 0.855. The number of piperidine rings is 1. The lowest BCUT2D eigenvalue weighted by molar-refractivity contribution is -0.132. The third kappa shape index (κ3) is 2.85.